The van der Waals surface area contributed by atoms with Gasteiger partial charge in [-0.15, -0.1) is 11.3 Å². The van der Waals surface area contributed by atoms with E-state index in [1.807, 2.05) is 4.57 Å². The van der Waals surface area contributed by atoms with E-state index in [0.29, 0.717) is 72.9 Å². The molecule has 0 spiro atoms. The molecule has 1 aliphatic carbocycles. The number of hydrogen-bond acceptors (Lipinski definition) is 8. The van der Waals surface area contributed by atoms with Crippen molar-refractivity contribution in [3.63, 3.8) is 0 Å². The number of morpholine rings is 1. The van der Waals surface area contributed by atoms with Gasteiger partial charge in [-0.25, -0.2) is 14.8 Å². The molecule has 1 aliphatic heterocycles. The molecule has 4 aromatic rings. The number of aromatic nitrogens is 3. The van der Waals surface area contributed by atoms with Gasteiger partial charge in [-0.1, -0.05) is 6.07 Å². The van der Waals surface area contributed by atoms with Crippen LogP contribution >= 0.6 is 11.3 Å². The first kappa shape index (κ1) is 32.6. The monoisotopic (exact) mass is 669 g/mol. The molecule has 11 nitrogen and oxygen atoms in total. The third-order valence-corrected chi connectivity index (χ3v) is 8.99. The molecule has 0 radical (unpaired) electrons. The van der Waals surface area contributed by atoms with Crippen molar-refractivity contribution in [1.29, 1.82) is 0 Å². The van der Waals surface area contributed by atoms with Crippen LogP contribution in [-0.4, -0.2) is 77.3 Å². The minimum atomic E-state index is -4.63. The zero-order valence-corrected chi connectivity index (χ0v) is 26.5. The Morgan fingerprint density at radius 1 is 1.11 bits per heavy atom. The van der Waals surface area contributed by atoms with Gasteiger partial charge in [0.2, 0.25) is 5.43 Å². The number of pyridine rings is 2. The smallest absolute Gasteiger partial charge is 0.379 e. The van der Waals surface area contributed by atoms with Crippen LogP contribution < -0.4 is 21.4 Å². The van der Waals surface area contributed by atoms with Crippen LogP contribution in [0.15, 0.2) is 46.8 Å². The van der Waals surface area contributed by atoms with E-state index in [2.05, 4.69) is 30.8 Å². The number of nitrogens with one attached hydrogen (secondary N) is 3. The number of alkyl halides is 3. The number of rotatable bonds is 10. The van der Waals surface area contributed by atoms with Gasteiger partial charge >= 0.3 is 12.2 Å². The van der Waals surface area contributed by atoms with E-state index in [1.165, 1.54) is 12.3 Å². The van der Waals surface area contributed by atoms with E-state index < -0.39 is 29.2 Å². The second-order valence-electron chi connectivity index (χ2n) is 11.5. The molecule has 47 heavy (non-hydrogen) atoms. The van der Waals surface area contributed by atoms with Crippen molar-refractivity contribution in [3.8, 4) is 21.7 Å². The van der Waals surface area contributed by atoms with Crippen LogP contribution in [0.3, 0.4) is 0 Å². The Kier molecular flexibility index (Phi) is 9.57. The summed E-state index contributed by atoms with van der Waals surface area (Å²) >= 11 is 0.827. The third kappa shape index (κ3) is 7.63. The highest BCUT2D eigenvalue weighted by Gasteiger charge is 2.34. The molecule has 1 saturated carbocycles. The number of nitrogens with zero attached hydrogens (tertiary/aromatic N) is 4. The molecule has 3 amide bonds. The minimum absolute atomic E-state index is 0.0542. The fourth-order valence-corrected chi connectivity index (χ4v) is 6.33. The van der Waals surface area contributed by atoms with E-state index in [9.17, 15) is 27.6 Å². The van der Waals surface area contributed by atoms with Gasteiger partial charge in [-0.05, 0) is 49.4 Å². The van der Waals surface area contributed by atoms with E-state index in [-0.39, 0.29) is 16.4 Å². The number of halogens is 3. The van der Waals surface area contributed by atoms with Gasteiger partial charge in [-0.3, -0.25) is 19.8 Å². The summed E-state index contributed by atoms with van der Waals surface area (Å²) in [4.78, 5) is 49.4. The van der Waals surface area contributed by atoms with Crippen molar-refractivity contribution in [3.05, 3.63) is 63.5 Å². The van der Waals surface area contributed by atoms with Crippen molar-refractivity contribution < 1.29 is 27.5 Å². The first-order valence-corrected chi connectivity index (χ1v) is 16.3. The average Bonchev–Trinajstić information content (AvgIpc) is 3.72. The maximum Gasteiger partial charge on any atom is 0.434 e. The molecule has 0 bridgehead atoms. The predicted molar refractivity (Wildman–Crippen MR) is 173 cm³/mol. The van der Waals surface area contributed by atoms with E-state index >= 15 is 0 Å². The van der Waals surface area contributed by atoms with Crippen LogP contribution in [0.4, 0.5) is 23.8 Å². The normalized spacial score (nSPS) is 15.5. The molecule has 3 N–H and O–H groups in total. The minimum Gasteiger partial charge on any atom is -0.379 e. The van der Waals surface area contributed by atoms with Gasteiger partial charge < -0.3 is 19.9 Å². The van der Waals surface area contributed by atoms with Gasteiger partial charge in [0.15, 0.2) is 5.69 Å². The van der Waals surface area contributed by atoms with Crippen molar-refractivity contribution in [2.45, 2.75) is 32.5 Å². The molecular formula is C32H34F3N7O4S. The Hall–Kier alpha value is -4.34. The average molecular weight is 670 g/mol. The fraction of sp³-hybridized carbons (Fsp3) is 0.406. The van der Waals surface area contributed by atoms with Crippen LogP contribution in [-0.2, 0) is 17.5 Å². The van der Waals surface area contributed by atoms with Crippen LogP contribution in [0, 0.1) is 5.92 Å². The number of carbonyl (C=O) groups is 2. The molecule has 0 unspecified atom stereocenters. The second kappa shape index (κ2) is 13.8. The SMILES string of the molecule is CCNC(=O)Nc1cc(-c2nc(C(F)(F)F)cs2)c(-c2ccc3c(=O)c(C(=O)NCCN4CCOCC4)cn(CC4CC4)c3c2)cn1. The summed E-state index contributed by atoms with van der Waals surface area (Å²) in [6.07, 6.45) is 0.513. The number of fused-ring (bicyclic) bond motifs is 1. The lowest BCUT2D eigenvalue weighted by Crippen LogP contribution is -2.42. The highest BCUT2D eigenvalue weighted by Crippen LogP contribution is 2.39. The van der Waals surface area contributed by atoms with Crippen molar-refractivity contribution in [2.75, 3.05) is 51.3 Å². The van der Waals surface area contributed by atoms with Gasteiger partial charge in [-0.2, -0.15) is 13.2 Å². The second-order valence-corrected chi connectivity index (χ2v) is 12.4. The maximum atomic E-state index is 13.6. The van der Waals surface area contributed by atoms with Crippen molar-refractivity contribution in [1.82, 2.24) is 30.1 Å². The molecular weight excluding hydrogens is 635 g/mol. The molecule has 4 heterocycles. The summed E-state index contributed by atoms with van der Waals surface area (Å²) < 4.78 is 47.7. The molecule has 0 atom stereocenters. The lowest BCUT2D eigenvalue weighted by atomic mass is 9.99. The molecule has 3 aromatic heterocycles. The summed E-state index contributed by atoms with van der Waals surface area (Å²) in [5, 5.41) is 9.46. The quantitative estimate of drug-likeness (QED) is 0.221. The van der Waals surface area contributed by atoms with Crippen LogP contribution in [0.25, 0.3) is 32.6 Å². The van der Waals surface area contributed by atoms with Crippen LogP contribution in [0.2, 0.25) is 0 Å². The number of urea groups is 1. The van der Waals surface area contributed by atoms with Gasteiger partial charge in [0.05, 0.1) is 18.7 Å². The molecule has 1 saturated heterocycles. The Bertz CT molecular complexity index is 1850. The Morgan fingerprint density at radius 2 is 1.89 bits per heavy atom. The van der Waals surface area contributed by atoms with Crippen LogP contribution in [0.5, 0.6) is 0 Å². The standard InChI is InChI=1S/C32H34F3N7O4S/c1-2-36-31(45)40-27-14-22(30-39-26(18-47-30)32(33,34)35)23(15-38-27)20-5-6-21-25(13-20)42(16-19-3-4-19)17-24(28(21)43)29(44)37-7-8-41-9-11-46-12-10-41/h5-6,13-15,17-19H,2-4,7-12,16H2,1H3,(H,37,44)(H2,36,38,40,45). The first-order valence-electron chi connectivity index (χ1n) is 15.4. The summed E-state index contributed by atoms with van der Waals surface area (Å²) in [5.74, 6) is 0.105. The largest absolute Gasteiger partial charge is 0.434 e. The summed E-state index contributed by atoms with van der Waals surface area (Å²) in [5.41, 5.74) is 0.599. The highest BCUT2D eigenvalue weighted by molar-refractivity contribution is 7.13. The Labute approximate surface area is 272 Å². The molecule has 2 aliphatic rings. The molecule has 6 rings (SSSR count). The molecule has 1 aromatic carbocycles. The highest BCUT2D eigenvalue weighted by atomic mass is 32.1. The fourth-order valence-electron chi connectivity index (χ4n) is 5.48. The third-order valence-electron chi connectivity index (χ3n) is 8.11. The van der Waals surface area contributed by atoms with Crippen LogP contribution in [0.1, 0.15) is 35.8 Å². The molecule has 248 valence electrons. The Balaban J connectivity index is 1.37. The number of anilines is 1. The van der Waals surface area contributed by atoms with Gasteiger partial charge in [0, 0.05) is 73.6 Å². The first-order chi connectivity index (χ1) is 22.6. The van der Waals surface area contributed by atoms with E-state index in [0.717, 1.165) is 42.6 Å². The number of amides is 3. The van der Waals surface area contributed by atoms with Gasteiger partial charge in [0.25, 0.3) is 5.91 Å². The topological polar surface area (TPSA) is 130 Å². The number of ether oxygens (including phenoxy) is 1. The number of hydrogen-bond donors (Lipinski definition) is 3. The maximum absolute atomic E-state index is 13.6. The van der Waals surface area contributed by atoms with E-state index in [1.54, 1.807) is 31.3 Å². The Morgan fingerprint density at radius 3 is 2.60 bits per heavy atom. The lowest BCUT2D eigenvalue weighted by molar-refractivity contribution is -0.140. The summed E-state index contributed by atoms with van der Waals surface area (Å²) in [7, 11) is 0. The zero-order valence-electron chi connectivity index (χ0n) is 25.7. The molecule has 15 heteroatoms. The van der Waals surface area contributed by atoms with Crippen molar-refractivity contribution >= 4 is 40.0 Å². The number of carbonyl (C=O) groups excluding carboxylic acids is 2. The number of thiazole rings is 1. The number of benzene rings is 1. The summed E-state index contributed by atoms with van der Waals surface area (Å²) in [6, 6.07) is 6.07. The zero-order chi connectivity index (χ0) is 33.1. The van der Waals surface area contributed by atoms with E-state index in [4.69, 9.17) is 4.74 Å². The predicted octanol–water partition coefficient (Wildman–Crippen LogP) is 4.82. The van der Waals surface area contributed by atoms with Gasteiger partial charge in [0.1, 0.15) is 16.4 Å². The molecule has 2 fully saturated rings. The lowest BCUT2D eigenvalue weighted by Gasteiger charge is -2.26. The van der Waals surface area contributed by atoms with Crippen molar-refractivity contribution in [2.24, 2.45) is 5.92 Å². The summed E-state index contributed by atoms with van der Waals surface area (Å²) in [6.45, 7) is 6.66.